The van der Waals surface area contributed by atoms with Crippen LogP contribution in [0.4, 0.5) is 10.5 Å². The molecule has 1 heterocycles. The monoisotopic (exact) mass is 361 g/mol. The Hall–Kier alpha value is -3.34. The minimum Gasteiger partial charge on any atom is -0.493 e. The van der Waals surface area contributed by atoms with Crippen molar-refractivity contribution in [3.63, 3.8) is 0 Å². The molecule has 0 fully saturated rings. The van der Waals surface area contributed by atoms with Crippen LogP contribution in [0.25, 0.3) is 11.1 Å². The summed E-state index contributed by atoms with van der Waals surface area (Å²) in [5, 5.41) is 5.57. The van der Waals surface area contributed by atoms with E-state index in [1.807, 2.05) is 36.4 Å². The van der Waals surface area contributed by atoms with Crippen molar-refractivity contribution in [3.8, 4) is 16.9 Å². The molecule has 0 atom stereocenters. The van der Waals surface area contributed by atoms with Crippen molar-refractivity contribution in [2.75, 3.05) is 18.5 Å². The quantitative estimate of drug-likeness (QED) is 0.570. The smallest absolute Gasteiger partial charge is 0.319 e. The van der Waals surface area contributed by atoms with Gasteiger partial charge >= 0.3 is 6.03 Å². The highest BCUT2D eigenvalue weighted by atomic mass is 16.5. The predicted octanol–water partition coefficient (Wildman–Crippen LogP) is 4.73. The van der Waals surface area contributed by atoms with Gasteiger partial charge in [-0.15, -0.1) is 0 Å². The Bertz CT molecular complexity index is 838. The van der Waals surface area contributed by atoms with Crippen LogP contribution in [0.15, 0.2) is 79.1 Å². The molecule has 0 aliphatic heterocycles. The van der Waals surface area contributed by atoms with E-state index < -0.39 is 0 Å². The largest absolute Gasteiger partial charge is 0.493 e. The lowest BCUT2D eigenvalue weighted by molar-refractivity contribution is 0.251. The topological polar surface area (TPSA) is 63.2 Å². The number of urea groups is 1. The molecule has 0 saturated heterocycles. The summed E-state index contributed by atoms with van der Waals surface area (Å²) in [5.41, 5.74) is 2.91. The average molecular weight is 361 g/mol. The van der Waals surface area contributed by atoms with Gasteiger partial charge in [-0.25, -0.2) is 4.79 Å². The maximum absolute atomic E-state index is 11.8. The summed E-state index contributed by atoms with van der Waals surface area (Å²) in [6.45, 7) is 1.20. The number of carbonyl (C=O) groups excluding carboxylic acids is 1. The number of ether oxygens (including phenoxy) is 1. The van der Waals surface area contributed by atoms with E-state index in [-0.39, 0.29) is 6.03 Å². The van der Waals surface area contributed by atoms with E-state index in [2.05, 4.69) is 33.8 Å². The summed E-state index contributed by atoms with van der Waals surface area (Å²) in [4.78, 5) is 15.7. The standard InChI is InChI=1S/C22H23N3O2/c26-22(25-19-11-8-14-23-17-19)24-15-6-7-16-27-21-13-5-4-12-20(21)18-9-2-1-3-10-18/h1-5,8-14,17H,6-7,15-16H2,(H2,24,25,26). The highest BCUT2D eigenvalue weighted by Gasteiger charge is 2.05. The second-order valence-corrected chi connectivity index (χ2v) is 6.04. The lowest BCUT2D eigenvalue weighted by Gasteiger charge is -2.12. The third-order valence-corrected chi connectivity index (χ3v) is 4.01. The maximum Gasteiger partial charge on any atom is 0.319 e. The molecule has 0 saturated carbocycles. The average Bonchev–Trinajstić information content (AvgIpc) is 2.72. The molecule has 2 amide bonds. The molecule has 0 unspecified atom stereocenters. The van der Waals surface area contributed by atoms with Crippen LogP contribution in [-0.2, 0) is 0 Å². The molecule has 0 aliphatic rings. The molecule has 3 aromatic rings. The number of nitrogens with zero attached hydrogens (tertiary/aromatic N) is 1. The fraction of sp³-hybridized carbons (Fsp3) is 0.182. The van der Waals surface area contributed by atoms with Crippen molar-refractivity contribution >= 4 is 11.7 Å². The minimum absolute atomic E-state index is 0.224. The second kappa shape index (κ2) is 9.97. The number of unbranched alkanes of at least 4 members (excludes halogenated alkanes) is 1. The van der Waals surface area contributed by atoms with Gasteiger partial charge in [-0.2, -0.15) is 0 Å². The molecule has 2 aromatic carbocycles. The van der Waals surface area contributed by atoms with Gasteiger partial charge < -0.3 is 15.4 Å². The SMILES string of the molecule is O=C(NCCCCOc1ccccc1-c1ccccc1)Nc1cccnc1. The van der Waals surface area contributed by atoms with E-state index in [0.29, 0.717) is 18.8 Å². The third-order valence-electron chi connectivity index (χ3n) is 4.01. The van der Waals surface area contributed by atoms with Crippen LogP contribution in [0.5, 0.6) is 5.75 Å². The molecular formula is C22H23N3O2. The van der Waals surface area contributed by atoms with Crippen molar-refractivity contribution in [1.82, 2.24) is 10.3 Å². The molecule has 3 rings (SSSR count). The summed E-state index contributed by atoms with van der Waals surface area (Å²) in [7, 11) is 0. The summed E-state index contributed by atoms with van der Waals surface area (Å²) in [6, 6.07) is 21.6. The lowest BCUT2D eigenvalue weighted by atomic mass is 10.1. The highest BCUT2D eigenvalue weighted by Crippen LogP contribution is 2.29. The molecule has 2 N–H and O–H groups in total. The molecule has 1 aromatic heterocycles. The fourth-order valence-electron chi connectivity index (χ4n) is 2.67. The highest BCUT2D eigenvalue weighted by molar-refractivity contribution is 5.88. The first-order valence-electron chi connectivity index (χ1n) is 9.05. The van der Waals surface area contributed by atoms with Crippen LogP contribution in [0, 0.1) is 0 Å². The van der Waals surface area contributed by atoms with Gasteiger partial charge in [0.05, 0.1) is 18.5 Å². The molecule has 138 valence electrons. The van der Waals surface area contributed by atoms with E-state index in [9.17, 15) is 4.79 Å². The number of hydrogen-bond acceptors (Lipinski definition) is 3. The molecule has 0 radical (unpaired) electrons. The molecular weight excluding hydrogens is 338 g/mol. The number of pyridine rings is 1. The van der Waals surface area contributed by atoms with Crippen LogP contribution < -0.4 is 15.4 Å². The first-order chi connectivity index (χ1) is 13.3. The first-order valence-corrected chi connectivity index (χ1v) is 9.05. The van der Waals surface area contributed by atoms with Gasteiger partial charge in [0.15, 0.2) is 0 Å². The number of anilines is 1. The number of hydrogen-bond donors (Lipinski definition) is 2. The Morgan fingerprint density at radius 1 is 0.926 bits per heavy atom. The van der Waals surface area contributed by atoms with Crippen molar-refractivity contribution in [2.45, 2.75) is 12.8 Å². The zero-order valence-electron chi connectivity index (χ0n) is 15.1. The van der Waals surface area contributed by atoms with Gasteiger partial charge in [0.1, 0.15) is 5.75 Å². The third kappa shape index (κ3) is 5.85. The van der Waals surface area contributed by atoms with E-state index in [1.165, 1.54) is 0 Å². The van der Waals surface area contributed by atoms with Gasteiger partial charge in [0.25, 0.3) is 0 Å². The van der Waals surface area contributed by atoms with E-state index in [0.717, 1.165) is 29.7 Å². The van der Waals surface area contributed by atoms with Crippen LogP contribution >= 0.6 is 0 Å². The van der Waals surface area contributed by atoms with Crippen molar-refractivity contribution in [1.29, 1.82) is 0 Å². The zero-order chi connectivity index (χ0) is 18.7. The Balaban J connectivity index is 1.38. The Kier molecular flexibility index (Phi) is 6.81. The van der Waals surface area contributed by atoms with E-state index >= 15 is 0 Å². The zero-order valence-corrected chi connectivity index (χ0v) is 15.1. The van der Waals surface area contributed by atoms with Gasteiger partial charge in [0.2, 0.25) is 0 Å². The number of benzene rings is 2. The van der Waals surface area contributed by atoms with Crippen LogP contribution in [-0.4, -0.2) is 24.2 Å². The predicted molar refractivity (Wildman–Crippen MR) is 108 cm³/mol. The number of carbonyl (C=O) groups is 1. The van der Waals surface area contributed by atoms with Crippen LogP contribution in [0.2, 0.25) is 0 Å². The van der Waals surface area contributed by atoms with E-state index in [1.54, 1.807) is 24.5 Å². The molecule has 27 heavy (non-hydrogen) atoms. The van der Waals surface area contributed by atoms with Crippen molar-refractivity contribution in [3.05, 3.63) is 79.1 Å². The normalized spacial score (nSPS) is 10.2. The fourth-order valence-corrected chi connectivity index (χ4v) is 2.67. The van der Waals surface area contributed by atoms with E-state index in [4.69, 9.17) is 4.74 Å². The van der Waals surface area contributed by atoms with Gasteiger partial charge in [-0.05, 0) is 36.6 Å². The summed E-state index contributed by atoms with van der Waals surface area (Å²) < 4.78 is 5.96. The lowest BCUT2D eigenvalue weighted by Crippen LogP contribution is -2.29. The number of rotatable bonds is 8. The summed E-state index contributed by atoms with van der Waals surface area (Å²) in [6.07, 6.45) is 4.97. The Labute approximate surface area is 159 Å². The second-order valence-electron chi connectivity index (χ2n) is 6.04. The number of para-hydroxylation sites is 1. The van der Waals surface area contributed by atoms with Gasteiger partial charge in [-0.3, -0.25) is 4.98 Å². The Morgan fingerprint density at radius 2 is 1.74 bits per heavy atom. The molecule has 0 spiro atoms. The number of nitrogens with one attached hydrogen (secondary N) is 2. The van der Waals surface area contributed by atoms with Crippen LogP contribution in [0.3, 0.4) is 0 Å². The van der Waals surface area contributed by atoms with Gasteiger partial charge in [-0.1, -0.05) is 48.5 Å². The number of aromatic nitrogens is 1. The Morgan fingerprint density at radius 3 is 2.56 bits per heavy atom. The number of amides is 2. The van der Waals surface area contributed by atoms with Gasteiger partial charge in [0, 0.05) is 18.3 Å². The maximum atomic E-state index is 11.8. The first kappa shape index (κ1) is 18.5. The molecule has 5 heteroatoms. The summed E-state index contributed by atoms with van der Waals surface area (Å²) in [5.74, 6) is 0.881. The molecule has 5 nitrogen and oxygen atoms in total. The van der Waals surface area contributed by atoms with Crippen LogP contribution in [0.1, 0.15) is 12.8 Å². The summed E-state index contributed by atoms with van der Waals surface area (Å²) >= 11 is 0. The van der Waals surface area contributed by atoms with Crippen molar-refractivity contribution < 1.29 is 9.53 Å². The molecule has 0 bridgehead atoms. The minimum atomic E-state index is -0.224. The van der Waals surface area contributed by atoms with Crippen molar-refractivity contribution in [2.24, 2.45) is 0 Å². The molecule has 0 aliphatic carbocycles.